The Bertz CT molecular complexity index is 429. The largest absolute Gasteiger partial charge is 0.338 e. The third-order valence-corrected chi connectivity index (χ3v) is 3.20. The second-order valence-electron chi connectivity index (χ2n) is 3.74. The Morgan fingerprint density at radius 3 is 2.62 bits per heavy atom. The topological polar surface area (TPSA) is 20.3 Å². The summed E-state index contributed by atoms with van der Waals surface area (Å²) in [6, 6.07) is 5.55. The Morgan fingerprint density at radius 2 is 2.06 bits per heavy atom. The highest BCUT2D eigenvalue weighted by Crippen LogP contribution is 2.22. The van der Waals surface area contributed by atoms with E-state index in [0.29, 0.717) is 12.1 Å². The number of carbonyl (C=O) groups is 1. The minimum absolute atomic E-state index is 0.0174. The Hall–Kier alpha value is -0.610. The highest BCUT2D eigenvalue weighted by Gasteiger charge is 2.14. The summed E-state index contributed by atoms with van der Waals surface area (Å²) < 4.78 is 1.69. The summed E-state index contributed by atoms with van der Waals surface area (Å²) in [5, 5.41) is 0. The van der Waals surface area contributed by atoms with Gasteiger partial charge < -0.3 is 4.90 Å². The number of benzene rings is 1. The molecular weight excluding hydrogens is 334 g/mol. The fourth-order valence-electron chi connectivity index (χ4n) is 1.34. The lowest BCUT2D eigenvalue weighted by Gasteiger charge is -2.18. The third-order valence-electron chi connectivity index (χ3n) is 2.01. The van der Waals surface area contributed by atoms with Crippen molar-refractivity contribution in [1.29, 1.82) is 0 Å². The van der Waals surface area contributed by atoms with E-state index in [1.165, 1.54) is 0 Å². The lowest BCUT2D eigenvalue weighted by atomic mass is 10.2. The molecule has 0 radical (unpaired) electrons. The molecule has 0 spiro atoms. The summed E-state index contributed by atoms with van der Waals surface area (Å²) in [7, 11) is 1.77. The summed E-state index contributed by atoms with van der Waals surface area (Å²) in [6.45, 7) is 6.27. The minimum atomic E-state index is -0.0174. The van der Waals surface area contributed by atoms with Crippen molar-refractivity contribution < 1.29 is 4.79 Å². The lowest BCUT2D eigenvalue weighted by molar-refractivity contribution is 0.0806. The number of rotatable bonds is 3. The summed E-state index contributed by atoms with van der Waals surface area (Å²) in [5.41, 5.74) is 1.61. The normalized spacial score (nSPS) is 10.0. The molecule has 16 heavy (non-hydrogen) atoms. The Kier molecular flexibility index (Phi) is 4.74. The van der Waals surface area contributed by atoms with Gasteiger partial charge in [-0.2, -0.15) is 0 Å². The fourth-order valence-corrected chi connectivity index (χ4v) is 2.12. The highest BCUT2D eigenvalue weighted by atomic mass is 79.9. The van der Waals surface area contributed by atoms with Crippen LogP contribution in [0, 0.1) is 0 Å². The highest BCUT2D eigenvalue weighted by molar-refractivity contribution is 9.11. The molecule has 0 aliphatic heterocycles. The van der Waals surface area contributed by atoms with Gasteiger partial charge >= 0.3 is 0 Å². The van der Waals surface area contributed by atoms with E-state index in [2.05, 4.69) is 38.4 Å². The van der Waals surface area contributed by atoms with Crippen molar-refractivity contribution in [2.75, 3.05) is 13.6 Å². The van der Waals surface area contributed by atoms with E-state index < -0.39 is 0 Å². The van der Waals surface area contributed by atoms with Crippen molar-refractivity contribution in [1.82, 2.24) is 4.90 Å². The van der Waals surface area contributed by atoms with Crippen LogP contribution in [0.2, 0.25) is 0 Å². The van der Waals surface area contributed by atoms with Crippen molar-refractivity contribution in [2.24, 2.45) is 0 Å². The van der Waals surface area contributed by atoms with E-state index in [1.54, 1.807) is 18.0 Å². The van der Waals surface area contributed by atoms with Crippen LogP contribution in [0.15, 0.2) is 39.3 Å². The van der Waals surface area contributed by atoms with Crippen LogP contribution in [-0.2, 0) is 0 Å². The van der Waals surface area contributed by atoms with Crippen molar-refractivity contribution in [3.8, 4) is 0 Å². The van der Waals surface area contributed by atoms with Crippen LogP contribution in [-0.4, -0.2) is 24.4 Å². The van der Waals surface area contributed by atoms with E-state index in [9.17, 15) is 4.79 Å². The molecular formula is C12H13Br2NO. The van der Waals surface area contributed by atoms with Gasteiger partial charge in [0.25, 0.3) is 5.91 Å². The maximum atomic E-state index is 12.1. The van der Waals surface area contributed by atoms with Crippen LogP contribution in [0.1, 0.15) is 17.3 Å². The van der Waals surface area contributed by atoms with Crippen molar-refractivity contribution >= 4 is 37.8 Å². The maximum absolute atomic E-state index is 12.1. The summed E-state index contributed by atoms with van der Waals surface area (Å²) in [6.07, 6.45) is 0. The van der Waals surface area contributed by atoms with E-state index in [-0.39, 0.29) is 5.91 Å². The number of halogens is 2. The molecule has 0 unspecified atom stereocenters. The van der Waals surface area contributed by atoms with Crippen LogP contribution in [0.5, 0.6) is 0 Å². The van der Waals surface area contributed by atoms with Crippen molar-refractivity contribution in [2.45, 2.75) is 6.92 Å². The third kappa shape index (κ3) is 3.46. The summed E-state index contributed by atoms with van der Waals surface area (Å²) in [4.78, 5) is 13.7. The minimum Gasteiger partial charge on any atom is -0.338 e. The van der Waals surface area contributed by atoms with Gasteiger partial charge in [-0.15, -0.1) is 0 Å². The maximum Gasteiger partial charge on any atom is 0.255 e. The van der Waals surface area contributed by atoms with Gasteiger partial charge in [0.15, 0.2) is 0 Å². The SMILES string of the molecule is C=C(C)CN(C)C(=O)c1cc(Br)ccc1Br. The first kappa shape index (κ1) is 13.5. The molecule has 0 aliphatic rings. The van der Waals surface area contributed by atoms with E-state index in [1.807, 2.05) is 19.1 Å². The number of nitrogens with zero attached hydrogens (tertiary/aromatic N) is 1. The first-order chi connectivity index (χ1) is 7.41. The van der Waals surface area contributed by atoms with Crippen LogP contribution in [0.4, 0.5) is 0 Å². The van der Waals surface area contributed by atoms with Crippen LogP contribution in [0.25, 0.3) is 0 Å². The zero-order valence-corrected chi connectivity index (χ0v) is 12.4. The number of amides is 1. The van der Waals surface area contributed by atoms with Crippen LogP contribution in [0.3, 0.4) is 0 Å². The van der Waals surface area contributed by atoms with Crippen LogP contribution >= 0.6 is 31.9 Å². The molecule has 0 atom stereocenters. The van der Waals surface area contributed by atoms with Gasteiger partial charge in [0.2, 0.25) is 0 Å². The quantitative estimate of drug-likeness (QED) is 0.761. The Labute approximate surface area is 113 Å². The molecule has 1 aromatic carbocycles. The van der Waals surface area contributed by atoms with Crippen molar-refractivity contribution in [3.63, 3.8) is 0 Å². The molecule has 1 aromatic rings. The monoisotopic (exact) mass is 345 g/mol. The Balaban J connectivity index is 2.95. The second kappa shape index (κ2) is 5.64. The molecule has 2 nitrogen and oxygen atoms in total. The first-order valence-corrected chi connectivity index (χ1v) is 6.35. The van der Waals surface area contributed by atoms with E-state index >= 15 is 0 Å². The van der Waals surface area contributed by atoms with Gasteiger partial charge in [0.05, 0.1) is 5.56 Å². The number of likely N-dealkylation sites (N-methyl/N-ethyl adjacent to an activating group) is 1. The molecule has 0 N–H and O–H groups in total. The van der Waals surface area contributed by atoms with Gasteiger partial charge in [-0.3, -0.25) is 4.79 Å². The predicted octanol–water partition coefficient (Wildman–Crippen LogP) is 3.86. The molecule has 0 saturated heterocycles. The predicted molar refractivity (Wildman–Crippen MR) is 73.6 cm³/mol. The van der Waals surface area contributed by atoms with E-state index in [0.717, 1.165) is 14.5 Å². The molecule has 0 heterocycles. The average Bonchev–Trinajstić information content (AvgIpc) is 2.19. The Morgan fingerprint density at radius 1 is 1.44 bits per heavy atom. The van der Waals surface area contributed by atoms with E-state index in [4.69, 9.17) is 0 Å². The molecule has 0 fully saturated rings. The molecule has 1 amide bonds. The first-order valence-electron chi connectivity index (χ1n) is 4.76. The van der Waals surface area contributed by atoms with Gasteiger partial charge in [-0.05, 0) is 41.1 Å². The second-order valence-corrected chi connectivity index (χ2v) is 5.51. The van der Waals surface area contributed by atoms with Gasteiger partial charge in [-0.25, -0.2) is 0 Å². The zero-order chi connectivity index (χ0) is 12.3. The summed E-state index contributed by atoms with van der Waals surface area (Å²) >= 11 is 6.73. The molecule has 1 rings (SSSR count). The molecule has 0 aromatic heterocycles. The molecule has 4 heteroatoms. The number of hydrogen-bond acceptors (Lipinski definition) is 1. The molecule has 86 valence electrons. The fraction of sp³-hybridized carbons (Fsp3) is 0.250. The van der Waals surface area contributed by atoms with Gasteiger partial charge in [-0.1, -0.05) is 28.1 Å². The number of hydrogen-bond donors (Lipinski definition) is 0. The molecule has 0 aliphatic carbocycles. The van der Waals surface area contributed by atoms with Gasteiger partial charge in [0, 0.05) is 22.5 Å². The zero-order valence-electron chi connectivity index (χ0n) is 9.26. The molecule has 0 bridgehead atoms. The van der Waals surface area contributed by atoms with Crippen molar-refractivity contribution in [3.05, 3.63) is 44.9 Å². The molecule has 0 saturated carbocycles. The number of carbonyl (C=O) groups excluding carboxylic acids is 1. The standard InChI is InChI=1S/C12H13Br2NO/c1-8(2)7-15(3)12(16)10-6-9(13)4-5-11(10)14/h4-6H,1,7H2,2-3H3. The lowest BCUT2D eigenvalue weighted by Crippen LogP contribution is -2.28. The smallest absolute Gasteiger partial charge is 0.255 e. The summed E-state index contributed by atoms with van der Waals surface area (Å²) in [5.74, 6) is -0.0174. The van der Waals surface area contributed by atoms with Gasteiger partial charge in [0.1, 0.15) is 0 Å². The van der Waals surface area contributed by atoms with Crippen LogP contribution < -0.4 is 0 Å². The average molecular weight is 347 g/mol.